The SMILES string of the molecule is CCCC(O[Si](C)(C)C)Sc1ccccc1. The van der Waals surface area contributed by atoms with E-state index in [1.165, 1.54) is 11.3 Å². The fourth-order valence-electron chi connectivity index (χ4n) is 1.42. The molecule has 0 heterocycles. The van der Waals surface area contributed by atoms with Crippen LogP contribution in [-0.4, -0.2) is 13.8 Å². The fraction of sp³-hybridized carbons (Fsp3) is 0.538. The van der Waals surface area contributed by atoms with Crippen molar-refractivity contribution in [3.63, 3.8) is 0 Å². The van der Waals surface area contributed by atoms with Crippen LogP contribution in [0.15, 0.2) is 35.2 Å². The number of rotatable bonds is 6. The second kappa shape index (κ2) is 6.47. The minimum absolute atomic E-state index is 0.319. The summed E-state index contributed by atoms with van der Waals surface area (Å²) < 4.78 is 6.18. The summed E-state index contributed by atoms with van der Waals surface area (Å²) in [6.45, 7) is 8.97. The summed E-state index contributed by atoms with van der Waals surface area (Å²) in [6, 6.07) is 10.5. The highest BCUT2D eigenvalue weighted by atomic mass is 32.2. The predicted molar refractivity (Wildman–Crippen MR) is 75.4 cm³/mol. The first kappa shape index (κ1) is 13.8. The van der Waals surface area contributed by atoms with Crippen molar-refractivity contribution in [2.24, 2.45) is 0 Å². The van der Waals surface area contributed by atoms with Gasteiger partial charge < -0.3 is 4.43 Å². The molecule has 1 atom stereocenters. The van der Waals surface area contributed by atoms with E-state index in [9.17, 15) is 0 Å². The molecule has 16 heavy (non-hydrogen) atoms. The van der Waals surface area contributed by atoms with Crippen LogP contribution < -0.4 is 0 Å². The topological polar surface area (TPSA) is 9.23 Å². The van der Waals surface area contributed by atoms with E-state index >= 15 is 0 Å². The Bertz CT molecular complexity index is 295. The Balaban J connectivity index is 2.58. The summed E-state index contributed by atoms with van der Waals surface area (Å²) in [4.78, 5) is 1.30. The summed E-state index contributed by atoms with van der Waals surface area (Å²) in [5.41, 5.74) is 0.319. The van der Waals surface area contributed by atoms with E-state index in [0.29, 0.717) is 5.44 Å². The molecule has 1 aromatic rings. The van der Waals surface area contributed by atoms with E-state index in [0.717, 1.165) is 6.42 Å². The van der Waals surface area contributed by atoms with Crippen LogP contribution in [-0.2, 0) is 4.43 Å². The van der Waals surface area contributed by atoms with E-state index in [2.05, 4.69) is 56.9 Å². The highest BCUT2D eigenvalue weighted by Crippen LogP contribution is 2.29. The quantitative estimate of drug-likeness (QED) is 0.411. The molecule has 0 saturated heterocycles. The van der Waals surface area contributed by atoms with Gasteiger partial charge in [0.15, 0.2) is 8.32 Å². The van der Waals surface area contributed by atoms with Crippen LogP contribution in [0.25, 0.3) is 0 Å². The Morgan fingerprint density at radius 3 is 2.31 bits per heavy atom. The Morgan fingerprint density at radius 1 is 1.19 bits per heavy atom. The third-order valence-corrected chi connectivity index (χ3v) is 4.32. The third-order valence-electron chi connectivity index (χ3n) is 2.02. The lowest BCUT2D eigenvalue weighted by Gasteiger charge is -2.25. The van der Waals surface area contributed by atoms with Crippen LogP contribution in [0.5, 0.6) is 0 Å². The fourth-order valence-corrected chi connectivity index (χ4v) is 4.36. The van der Waals surface area contributed by atoms with Gasteiger partial charge in [-0.15, -0.1) is 0 Å². The third kappa shape index (κ3) is 5.73. The molecular weight excluding hydrogens is 232 g/mol. The summed E-state index contributed by atoms with van der Waals surface area (Å²) in [5.74, 6) is 0. The molecule has 0 saturated carbocycles. The highest BCUT2D eigenvalue weighted by Gasteiger charge is 2.21. The Hall–Kier alpha value is -0.253. The molecule has 1 rings (SSSR count). The molecule has 0 bridgehead atoms. The molecule has 0 N–H and O–H groups in total. The first-order valence-corrected chi connectivity index (χ1v) is 10.2. The zero-order valence-electron chi connectivity index (χ0n) is 10.7. The maximum atomic E-state index is 6.18. The molecule has 0 aliphatic rings. The van der Waals surface area contributed by atoms with E-state index in [1.807, 2.05) is 11.8 Å². The van der Waals surface area contributed by atoms with E-state index in [4.69, 9.17) is 4.43 Å². The second-order valence-electron chi connectivity index (χ2n) is 4.88. The minimum Gasteiger partial charge on any atom is -0.406 e. The van der Waals surface area contributed by atoms with Crippen molar-refractivity contribution in [3.8, 4) is 0 Å². The maximum absolute atomic E-state index is 6.18. The molecule has 0 spiro atoms. The normalized spacial score (nSPS) is 13.8. The lowest BCUT2D eigenvalue weighted by Crippen LogP contribution is -2.30. The molecule has 0 fully saturated rings. The lowest BCUT2D eigenvalue weighted by atomic mass is 10.4. The standard InChI is InChI=1S/C13H22OSSi/c1-5-9-13(14-16(2,3)4)15-12-10-7-6-8-11-12/h6-8,10-11,13H,5,9H2,1-4H3. The first-order valence-electron chi connectivity index (χ1n) is 5.91. The van der Waals surface area contributed by atoms with Crippen molar-refractivity contribution < 1.29 is 4.43 Å². The largest absolute Gasteiger partial charge is 0.406 e. The van der Waals surface area contributed by atoms with Crippen LogP contribution in [0, 0.1) is 0 Å². The van der Waals surface area contributed by atoms with Gasteiger partial charge in [0.1, 0.15) is 0 Å². The average Bonchev–Trinajstić information content (AvgIpc) is 2.17. The number of hydrogen-bond donors (Lipinski definition) is 0. The Kier molecular flexibility index (Phi) is 5.59. The monoisotopic (exact) mass is 254 g/mol. The second-order valence-corrected chi connectivity index (χ2v) is 10.6. The summed E-state index contributed by atoms with van der Waals surface area (Å²) in [5, 5.41) is 0. The number of benzene rings is 1. The Morgan fingerprint density at radius 2 is 1.81 bits per heavy atom. The zero-order valence-corrected chi connectivity index (χ0v) is 12.5. The average molecular weight is 254 g/mol. The van der Waals surface area contributed by atoms with Crippen molar-refractivity contribution in [2.75, 3.05) is 0 Å². The Labute approximate surface area is 105 Å². The molecular formula is C13H22OSSi. The zero-order chi connectivity index (χ0) is 12.0. The molecule has 3 heteroatoms. The maximum Gasteiger partial charge on any atom is 0.185 e. The van der Waals surface area contributed by atoms with Gasteiger partial charge in [-0.3, -0.25) is 0 Å². The summed E-state index contributed by atoms with van der Waals surface area (Å²) in [6.07, 6.45) is 2.30. The van der Waals surface area contributed by atoms with Gasteiger partial charge in [-0.05, 0) is 38.2 Å². The number of hydrogen-bond acceptors (Lipinski definition) is 2. The minimum atomic E-state index is -1.43. The van der Waals surface area contributed by atoms with Gasteiger partial charge in [0, 0.05) is 4.90 Å². The van der Waals surface area contributed by atoms with Crippen molar-refractivity contribution in [3.05, 3.63) is 30.3 Å². The molecule has 0 aliphatic carbocycles. The van der Waals surface area contributed by atoms with E-state index < -0.39 is 8.32 Å². The van der Waals surface area contributed by atoms with Gasteiger partial charge in [0.2, 0.25) is 0 Å². The van der Waals surface area contributed by atoms with Gasteiger partial charge in [0.05, 0.1) is 5.44 Å². The van der Waals surface area contributed by atoms with Crippen LogP contribution >= 0.6 is 11.8 Å². The van der Waals surface area contributed by atoms with Crippen LogP contribution in [0.2, 0.25) is 19.6 Å². The van der Waals surface area contributed by atoms with Gasteiger partial charge in [-0.2, -0.15) is 0 Å². The molecule has 1 nitrogen and oxygen atoms in total. The van der Waals surface area contributed by atoms with Crippen LogP contribution in [0.3, 0.4) is 0 Å². The highest BCUT2D eigenvalue weighted by molar-refractivity contribution is 7.99. The molecule has 0 radical (unpaired) electrons. The van der Waals surface area contributed by atoms with Gasteiger partial charge >= 0.3 is 0 Å². The molecule has 0 amide bonds. The molecule has 0 aromatic heterocycles. The first-order chi connectivity index (χ1) is 7.51. The smallest absolute Gasteiger partial charge is 0.185 e. The number of thioether (sulfide) groups is 1. The van der Waals surface area contributed by atoms with Gasteiger partial charge in [0.25, 0.3) is 0 Å². The predicted octanol–water partition coefficient (Wildman–Crippen LogP) is 4.76. The van der Waals surface area contributed by atoms with Crippen LogP contribution in [0.4, 0.5) is 0 Å². The van der Waals surface area contributed by atoms with Crippen molar-refractivity contribution in [1.29, 1.82) is 0 Å². The lowest BCUT2D eigenvalue weighted by molar-refractivity contribution is 0.269. The van der Waals surface area contributed by atoms with Gasteiger partial charge in [-0.1, -0.05) is 43.3 Å². The van der Waals surface area contributed by atoms with E-state index in [1.54, 1.807) is 0 Å². The molecule has 1 aromatic carbocycles. The van der Waals surface area contributed by atoms with Crippen molar-refractivity contribution in [1.82, 2.24) is 0 Å². The van der Waals surface area contributed by atoms with Crippen molar-refractivity contribution in [2.45, 2.75) is 49.7 Å². The molecule has 90 valence electrons. The van der Waals surface area contributed by atoms with Crippen LogP contribution in [0.1, 0.15) is 19.8 Å². The van der Waals surface area contributed by atoms with E-state index in [-0.39, 0.29) is 0 Å². The molecule has 1 unspecified atom stereocenters. The van der Waals surface area contributed by atoms with Crippen molar-refractivity contribution >= 4 is 20.1 Å². The molecule has 0 aliphatic heterocycles. The van der Waals surface area contributed by atoms with Gasteiger partial charge in [-0.25, -0.2) is 0 Å². The summed E-state index contributed by atoms with van der Waals surface area (Å²) >= 11 is 1.85. The summed E-state index contributed by atoms with van der Waals surface area (Å²) in [7, 11) is -1.43.